The predicted molar refractivity (Wildman–Crippen MR) is 111 cm³/mol. The maximum Gasteiger partial charge on any atom is 0.325 e. The Hall–Kier alpha value is -2.84. The maximum atomic E-state index is 12.2. The number of aromatic nitrogens is 2. The second-order valence-corrected chi connectivity index (χ2v) is 7.33. The first-order valence-corrected chi connectivity index (χ1v) is 9.56. The molecule has 3 aromatic rings. The standard InChI is InChI=1S/C19H19ClN4O3S/c1-11-13(20)5-4-6-14(11)21-18(25)22-19-24-23-17(28-19)10-12-7-8-15(26-2)16(9-12)27-3/h4-9H,10H2,1-3H3,(H2,21,22,24,25). The van der Waals surface area contributed by atoms with Gasteiger partial charge in [-0.15, -0.1) is 10.2 Å². The second kappa shape index (κ2) is 8.90. The molecule has 3 rings (SSSR count). The van der Waals surface area contributed by atoms with E-state index in [9.17, 15) is 4.79 Å². The lowest BCUT2D eigenvalue weighted by molar-refractivity contribution is 0.262. The van der Waals surface area contributed by atoms with Gasteiger partial charge in [0.2, 0.25) is 5.13 Å². The van der Waals surface area contributed by atoms with E-state index < -0.39 is 6.03 Å². The molecule has 28 heavy (non-hydrogen) atoms. The molecule has 7 nitrogen and oxygen atoms in total. The van der Waals surface area contributed by atoms with E-state index in [0.717, 1.165) is 16.1 Å². The first-order chi connectivity index (χ1) is 13.5. The largest absolute Gasteiger partial charge is 0.493 e. The zero-order chi connectivity index (χ0) is 20.1. The number of nitrogens with one attached hydrogen (secondary N) is 2. The van der Waals surface area contributed by atoms with E-state index in [4.69, 9.17) is 21.1 Å². The molecule has 0 aliphatic rings. The van der Waals surface area contributed by atoms with Crippen LogP contribution in [0.3, 0.4) is 0 Å². The first kappa shape index (κ1) is 19.9. The first-order valence-electron chi connectivity index (χ1n) is 8.36. The number of anilines is 2. The van der Waals surface area contributed by atoms with Gasteiger partial charge in [0.05, 0.1) is 14.2 Å². The van der Waals surface area contributed by atoms with Gasteiger partial charge < -0.3 is 14.8 Å². The maximum absolute atomic E-state index is 12.2. The van der Waals surface area contributed by atoms with E-state index >= 15 is 0 Å². The van der Waals surface area contributed by atoms with Crippen LogP contribution in [0.25, 0.3) is 0 Å². The Kier molecular flexibility index (Phi) is 6.33. The highest BCUT2D eigenvalue weighted by atomic mass is 35.5. The number of ether oxygens (including phenoxy) is 2. The molecule has 146 valence electrons. The summed E-state index contributed by atoms with van der Waals surface area (Å²) < 4.78 is 10.6. The molecule has 0 radical (unpaired) electrons. The van der Waals surface area contributed by atoms with Crippen molar-refractivity contribution in [3.8, 4) is 11.5 Å². The molecule has 0 saturated heterocycles. The number of benzene rings is 2. The Morgan fingerprint density at radius 3 is 2.64 bits per heavy atom. The fraction of sp³-hybridized carbons (Fsp3) is 0.211. The molecule has 0 fully saturated rings. The quantitative estimate of drug-likeness (QED) is 0.603. The average Bonchev–Trinajstić information content (AvgIpc) is 3.11. The van der Waals surface area contributed by atoms with Crippen molar-refractivity contribution >= 4 is 39.8 Å². The summed E-state index contributed by atoms with van der Waals surface area (Å²) in [6.07, 6.45) is 0.564. The highest BCUT2D eigenvalue weighted by Crippen LogP contribution is 2.29. The van der Waals surface area contributed by atoms with Crippen molar-refractivity contribution in [3.63, 3.8) is 0 Å². The topological polar surface area (TPSA) is 85.4 Å². The molecular formula is C19H19ClN4O3S. The summed E-state index contributed by atoms with van der Waals surface area (Å²) in [5.74, 6) is 1.32. The van der Waals surface area contributed by atoms with Gasteiger partial charge in [-0.3, -0.25) is 5.32 Å². The summed E-state index contributed by atoms with van der Waals surface area (Å²) in [5, 5.41) is 15.4. The van der Waals surface area contributed by atoms with Crippen LogP contribution < -0.4 is 20.1 Å². The van der Waals surface area contributed by atoms with Crippen LogP contribution >= 0.6 is 22.9 Å². The van der Waals surface area contributed by atoms with Gasteiger partial charge in [0, 0.05) is 17.1 Å². The van der Waals surface area contributed by atoms with Crippen molar-refractivity contribution in [2.45, 2.75) is 13.3 Å². The minimum absolute atomic E-state index is 0.404. The second-order valence-electron chi connectivity index (χ2n) is 5.86. The number of hydrogen-bond donors (Lipinski definition) is 2. The molecule has 0 unspecified atom stereocenters. The Balaban J connectivity index is 1.64. The molecule has 2 N–H and O–H groups in total. The summed E-state index contributed by atoms with van der Waals surface area (Å²) in [6, 6.07) is 10.6. The molecular weight excluding hydrogens is 400 g/mol. The number of carbonyl (C=O) groups excluding carboxylic acids is 1. The van der Waals surface area contributed by atoms with E-state index in [0.29, 0.717) is 33.8 Å². The van der Waals surface area contributed by atoms with Gasteiger partial charge in [0.1, 0.15) is 5.01 Å². The van der Waals surface area contributed by atoms with E-state index in [-0.39, 0.29) is 0 Å². The van der Waals surface area contributed by atoms with Crippen LogP contribution in [-0.2, 0) is 6.42 Å². The zero-order valence-electron chi connectivity index (χ0n) is 15.6. The van der Waals surface area contributed by atoms with E-state index in [1.165, 1.54) is 11.3 Å². The summed E-state index contributed by atoms with van der Waals surface area (Å²) in [7, 11) is 3.19. The number of hydrogen-bond acceptors (Lipinski definition) is 6. The van der Waals surface area contributed by atoms with Crippen LogP contribution in [0.5, 0.6) is 11.5 Å². The van der Waals surface area contributed by atoms with Crippen LogP contribution in [-0.4, -0.2) is 30.4 Å². The van der Waals surface area contributed by atoms with Gasteiger partial charge in [-0.05, 0) is 42.3 Å². The van der Waals surface area contributed by atoms with Crippen LogP contribution in [0.4, 0.5) is 15.6 Å². The van der Waals surface area contributed by atoms with Gasteiger partial charge in [0.15, 0.2) is 11.5 Å². The lowest BCUT2D eigenvalue weighted by atomic mass is 10.1. The highest BCUT2D eigenvalue weighted by Gasteiger charge is 2.12. The molecule has 1 heterocycles. The van der Waals surface area contributed by atoms with Gasteiger partial charge in [-0.2, -0.15) is 0 Å². The third-order valence-corrected chi connectivity index (χ3v) is 5.25. The van der Waals surface area contributed by atoms with Crippen LogP contribution in [0.2, 0.25) is 5.02 Å². The molecule has 9 heteroatoms. The van der Waals surface area contributed by atoms with E-state index in [1.807, 2.05) is 25.1 Å². The molecule has 1 aromatic heterocycles. The SMILES string of the molecule is COc1ccc(Cc2nnc(NC(=O)Nc3cccc(Cl)c3C)s2)cc1OC. The zero-order valence-corrected chi connectivity index (χ0v) is 17.1. The van der Waals surface area contributed by atoms with Gasteiger partial charge in [0.25, 0.3) is 0 Å². The average molecular weight is 419 g/mol. The summed E-state index contributed by atoms with van der Waals surface area (Å²) in [4.78, 5) is 12.2. The van der Waals surface area contributed by atoms with Crippen LogP contribution in [0.15, 0.2) is 36.4 Å². The fourth-order valence-electron chi connectivity index (χ4n) is 2.53. The third kappa shape index (κ3) is 4.71. The number of rotatable bonds is 6. The highest BCUT2D eigenvalue weighted by molar-refractivity contribution is 7.15. The Morgan fingerprint density at radius 1 is 1.11 bits per heavy atom. The smallest absolute Gasteiger partial charge is 0.325 e. The molecule has 0 bridgehead atoms. The Labute approximate surface area is 171 Å². The molecule has 0 spiro atoms. The number of urea groups is 1. The molecule has 0 saturated carbocycles. The van der Waals surface area contributed by atoms with E-state index in [2.05, 4.69) is 20.8 Å². The molecule has 0 aliphatic carbocycles. The summed E-state index contributed by atoms with van der Waals surface area (Å²) in [6.45, 7) is 1.84. The van der Waals surface area contributed by atoms with E-state index in [1.54, 1.807) is 32.4 Å². The summed E-state index contributed by atoms with van der Waals surface area (Å²) >= 11 is 7.37. The monoisotopic (exact) mass is 418 g/mol. The van der Waals surface area contributed by atoms with Gasteiger partial charge >= 0.3 is 6.03 Å². The van der Waals surface area contributed by atoms with Crippen LogP contribution in [0.1, 0.15) is 16.1 Å². The molecule has 0 aliphatic heterocycles. The van der Waals surface area contributed by atoms with Crippen LogP contribution in [0, 0.1) is 6.92 Å². The van der Waals surface area contributed by atoms with Crippen molar-refractivity contribution in [2.24, 2.45) is 0 Å². The number of halogens is 1. The minimum Gasteiger partial charge on any atom is -0.493 e. The normalized spacial score (nSPS) is 10.4. The number of nitrogens with zero attached hydrogens (tertiary/aromatic N) is 2. The molecule has 2 aromatic carbocycles. The summed E-state index contributed by atoms with van der Waals surface area (Å²) in [5.41, 5.74) is 2.44. The van der Waals surface area contributed by atoms with Crippen molar-refractivity contribution in [1.82, 2.24) is 10.2 Å². The van der Waals surface area contributed by atoms with Crippen molar-refractivity contribution in [1.29, 1.82) is 0 Å². The predicted octanol–water partition coefficient (Wildman–Crippen LogP) is 4.75. The van der Waals surface area contributed by atoms with Gasteiger partial charge in [-0.25, -0.2) is 4.79 Å². The third-order valence-electron chi connectivity index (χ3n) is 4.01. The van der Waals surface area contributed by atoms with Crippen molar-refractivity contribution in [3.05, 3.63) is 57.6 Å². The van der Waals surface area contributed by atoms with Crippen molar-refractivity contribution < 1.29 is 14.3 Å². The van der Waals surface area contributed by atoms with Crippen molar-refractivity contribution in [2.75, 3.05) is 24.9 Å². The number of methoxy groups -OCH3 is 2. The molecule has 2 amide bonds. The lowest BCUT2D eigenvalue weighted by Crippen LogP contribution is -2.19. The number of carbonyl (C=O) groups is 1. The number of amides is 2. The minimum atomic E-state index is -0.404. The molecule has 0 atom stereocenters. The van der Waals surface area contributed by atoms with Gasteiger partial charge in [-0.1, -0.05) is 35.1 Å². The lowest BCUT2D eigenvalue weighted by Gasteiger charge is -2.09. The Morgan fingerprint density at radius 2 is 1.89 bits per heavy atom. The Bertz CT molecular complexity index is 993. The fourth-order valence-corrected chi connectivity index (χ4v) is 3.48.